The molecular weight excluding hydrogens is 356 g/mol. The lowest BCUT2D eigenvalue weighted by Gasteiger charge is -2.29. The summed E-state index contributed by atoms with van der Waals surface area (Å²) in [6, 6.07) is 15.5. The normalized spacial score (nSPS) is 13.6. The molecule has 2 aromatic rings. The van der Waals surface area contributed by atoms with E-state index < -0.39 is 0 Å². The second kappa shape index (κ2) is 9.64. The van der Waals surface area contributed by atoms with Crippen molar-refractivity contribution < 1.29 is 14.3 Å². The first-order valence-electron chi connectivity index (χ1n) is 9.31. The van der Waals surface area contributed by atoms with Crippen LogP contribution in [-0.2, 0) is 11.3 Å². The third kappa shape index (κ3) is 4.73. The minimum atomic E-state index is -0.0163. The van der Waals surface area contributed by atoms with Crippen LogP contribution in [0.1, 0.15) is 12.0 Å². The van der Waals surface area contributed by atoms with E-state index in [9.17, 15) is 4.79 Å². The SMILES string of the molecule is CN=C(NCCCN1C(=O)COc2ccccc21)NCc1ccccc1OC. The summed E-state index contributed by atoms with van der Waals surface area (Å²) in [4.78, 5) is 18.2. The maximum atomic E-state index is 12.2. The van der Waals surface area contributed by atoms with Crippen molar-refractivity contribution in [1.82, 2.24) is 10.6 Å². The number of methoxy groups -OCH3 is 1. The lowest BCUT2D eigenvalue weighted by molar-refractivity contribution is -0.121. The Bertz CT molecular complexity index is 838. The van der Waals surface area contributed by atoms with Gasteiger partial charge in [-0.15, -0.1) is 0 Å². The molecule has 0 spiro atoms. The molecule has 0 unspecified atom stereocenters. The first kappa shape index (κ1) is 19.5. The third-order valence-corrected chi connectivity index (χ3v) is 4.52. The molecule has 0 radical (unpaired) electrons. The number of amides is 1. The van der Waals surface area contributed by atoms with Crippen molar-refractivity contribution in [2.75, 3.05) is 38.8 Å². The quantitative estimate of drug-likeness (QED) is 0.436. The van der Waals surface area contributed by atoms with E-state index in [-0.39, 0.29) is 12.5 Å². The Morgan fingerprint density at radius 2 is 1.96 bits per heavy atom. The van der Waals surface area contributed by atoms with Crippen LogP contribution in [0.15, 0.2) is 53.5 Å². The lowest BCUT2D eigenvalue weighted by Crippen LogP contribution is -2.42. The smallest absolute Gasteiger partial charge is 0.265 e. The Hall–Kier alpha value is -3.22. The van der Waals surface area contributed by atoms with Crippen LogP contribution in [0.2, 0.25) is 0 Å². The zero-order chi connectivity index (χ0) is 19.8. The zero-order valence-electron chi connectivity index (χ0n) is 16.3. The molecule has 7 nitrogen and oxygen atoms in total. The fraction of sp³-hybridized carbons (Fsp3) is 0.333. The van der Waals surface area contributed by atoms with Crippen LogP contribution < -0.4 is 25.0 Å². The van der Waals surface area contributed by atoms with E-state index in [1.54, 1.807) is 19.1 Å². The maximum Gasteiger partial charge on any atom is 0.265 e. The van der Waals surface area contributed by atoms with Crippen LogP contribution in [0.3, 0.4) is 0 Å². The minimum absolute atomic E-state index is 0.0163. The fourth-order valence-corrected chi connectivity index (χ4v) is 3.09. The van der Waals surface area contributed by atoms with Gasteiger partial charge in [-0.3, -0.25) is 9.79 Å². The van der Waals surface area contributed by atoms with Crippen LogP contribution in [0.4, 0.5) is 5.69 Å². The van der Waals surface area contributed by atoms with Crippen molar-refractivity contribution in [2.45, 2.75) is 13.0 Å². The molecule has 2 N–H and O–H groups in total. The summed E-state index contributed by atoms with van der Waals surface area (Å²) in [6.45, 7) is 2.01. The van der Waals surface area contributed by atoms with Crippen molar-refractivity contribution in [3.63, 3.8) is 0 Å². The molecule has 1 aliphatic rings. The van der Waals surface area contributed by atoms with Gasteiger partial charge in [-0.25, -0.2) is 0 Å². The molecule has 0 saturated heterocycles. The Balaban J connectivity index is 1.47. The number of benzene rings is 2. The first-order valence-corrected chi connectivity index (χ1v) is 9.31. The molecule has 148 valence electrons. The summed E-state index contributed by atoms with van der Waals surface area (Å²) in [7, 11) is 3.40. The molecule has 0 fully saturated rings. The summed E-state index contributed by atoms with van der Waals surface area (Å²) in [5.41, 5.74) is 1.89. The molecule has 2 aromatic carbocycles. The van der Waals surface area contributed by atoms with Gasteiger partial charge in [0.05, 0.1) is 12.8 Å². The minimum Gasteiger partial charge on any atom is -0.496 e. The molecule has 1 aliphatic heterocycles. The molecule has 0 aromatic heterocycles. The van der Waals surface area contributed by atoms with Crippen molar-refractivity contribution in [1.29, 1.82) is 0 Å². The van der Waals surface area contributed by atoms with E-state index in [0.29, 0.717) is 25.6 Å². The van der Waals surface area contributed by atoms with Crippen molar-refractivity contribution in [3.8, 4) is 11.5 Å². The van der Waals surface area contributed by atoms with Gasteiger partial charge in [-0.2, -0.15) is 0 Å². The van der Waals surface area contributed by atoms with E-state index in [1.165, 1.54) is 0 Å². The highest BCUT2D eigenvalue weighted by atomic mass is 16.5. The summed E-state index contributed by atoms with van der Waals surface area (Å²) in [5.74, 6) is 2.29. The van der Waals surface area contributed by atoms with Crippen LogP contribution in [0.25, 0.3) is 0 Å². The number of aliphatic imine (C=N–C) groups is 1. The van der Waals surface area contributed by atoms with Crippen molar-refractivity contribution in [3.05, 3.63) is 54.1 Å². The second-order valence-corrected chi connectivity index (χ2v) is 6.32. The number of nitrogens with one attached hydrogen (secondary N) is 2. The Morgan fingerprint density at radius 3 is 2.79 bits per heavy atom. The van der Waals surface area contributed by atoms with Gasteiger partial charge in [0.1, 0.15) is 11.5 Å². The van der Waals surface area contributed by atoms with E-state index in [1.807, 2.05) is 48.5 Å². The van der Waals surface area contributed by atoms with Crippen molar-refractivity contribution in [2.24, 2.45) is 4.99 Å². The first-order chi connectivity index (χ1) is 13.7. The highest BCUT2D eigenvalue weighted by Crippen LogP contribution is 2.31. The average molecular weight is 382 g/mol. The summed E-state index contributed by atoms with van der Waals surface area (Å²) in [5, 5.41) is 6.57. The highest BCUT2D eigenvalue weighted by molar-refractivity contribution is 5.97. The van der Waals surface area contributed by atoms with Crippen LogP contribution in [-0.4, -0.2) is 45.7 Å². The number of hydrogen-bond acceptors (Lipinski definition) is 4. The maximum absolute atomic E-state index is 12.2. The molecule has 28 heavy (non-hydrogen) atoms. The largest absolute Gasteiger partial charge is 0.496 e. The number of guanidine groups is 1. The summed E-state index contributed by atoms with van der Waals surface area (Å²) in [6.07, 6.45) is 0.787. The third-order valence-electron chi connectivity index (χ3n) is 4.52. The Kier molecular flexibility index (Phi) is 6.73. The van der Waals surface area contributed by atoms with E-state index in [2.05, 4.69) is 15.6 Å². The van der Waals surface area contributed by atoms with Gasteiger partial charge < -0.3 is 25.0 Å². The molecule has 1 heterocycles. The van der Waals surface area contributed by atoms with Gasteiger partial charge in [0, 0.05) is 32.2 Å². The van der Waals surface area contributed by atoms with Gasteiger partial charge >= 0.3 is 0 Å². The highest BCUT2D eigenvalue weighted by Gasteiger charge is 2.24. The Labute approximate surface area is 165 Å². The molecular formula is C21H26N4O3. The summed E-state index contributed by atoms with van der Waals surface area (Å²) >= 11 is 0. The zero-order valence-corrected chi connectivity index (χ0v) is 16.3. The van der Waals surface area contributed by atoms with E-state index in [4.69, 9.17) is 9.47 Å². The number of rotatable bonds is 7. The molecule has 1 amide bonds. The van der Waals surface area contributed by atoms with Crippen LogP contribution in [0, 0.1) is 0 Å². The monoisotopic (exact) mass is 382 g/mol. The van der Waals surface area contributed by atoms with E-state index in [0.717, 1.165) is 29.2 Å². The van der Waals surface area contributed by atoms with Gasteiger partial charge in [0.2, 0.25) is 0 Å². The van der Waals surface area contributed by atoms with Gasteiger partial charge in [0.25, 0.3) is 5.91 Å². The standard InChI is InChI=1S/C21H26N4O3/c1-22-21(24-14-16-8-3-5-10-18(16)27-2)23-12-7-13-25-17-9-4-6-11-19(17)28-15-20(25)26/h3-6,8-11H,7,12-15H2,1-2H3,(H2,22,23,24). The van der Waals surface area contributed by atoms with Gasteiger partial charge in [-0.1, -0.05) is 30.3 Å². The number of para-hydroxylation sites is 3. The van der Waals surface area contributed by atoms with Gasteiger partial charge in [0.15, 0.2) is 12.6 Å². The van der Waals surface area contributed by atoms with Crippen LogP contribution >= 0.6 is 0 Å². The van der Waals surface area contributed by atoms with Crippen LogP contribution in [0.5, 0.6) is 11.5 Å². The Morgan fingerprint density at radius 1 is 1.18 bits per heavy atom. The number of anilines is 1. The molecule has 0 bridgehead atoms. The number of carbonyl (C=O) groups excluding carboxylic acids is 1. The second-order valence-electron chi connectivity index (χ2n) is 6.32. The predicted molar refractivity (Wildman–Crippen MR) is 110 cm³/mol. The fourth-order valence-electron chi connectivity index (χ4n) is 3.09. The molecule has 0 saturated carbocycles. The number of fused-ring (bicyclic) bond motifs is 1. The lowest BCUT2D eigenvalue weighted by atomic mass is 10.2. The molecule has 7 heteroatoms. The predicted octanol–water partition coefficient (Wildman–Crippen LogP) is 2.18. The summed E-state index contributed by atoms with van der Waals surface area (Å²) < 4.78 is 10.8. The number of hydrogen-bond donors (Lipinski definition) is 2. The van der Waals surface area contributed by atoms with Crippen molar-refractivity contribution >= 4 is 17.6 Å². The molecule has 0 atom stereocenters. The topological polar surface area (TPSA) is 75.2 Å². The number of carbonyl (C=O) groups is 1. The number of ether oxygens (including phenoxy) is 2. The molecule has 3 rings (SSSR count). The number of nitrogens with zero attached hydrogens (tertiary/aromatic N) is 2. The van der Waals surface area contributed by atoms with E-state index >= 15 is 0 Å². The molecule has 0 aliphatic carbocycles. The van der Waals surface area contributed by atoms with Gasteiger partial charge in [-0.05, 0) is 24.6 Å². The average Bonchev–Trinajstić information content (AvgIpc) is 2.74.